The molecule has 0 aromatic heterocycles. The number of phenols is 1. The van der Waals surface area contributed by atoms with Gasteiger partial charge in [-0.3, -0.25) is 0 Å². The van der Waals surface area contributed by atoms with Gasteiger partial charge in [-0.2, -0.15) is 0 Å². The number of ether oxygens (including phenoxy) is 2. The van der Waals surface area contributed by atoms with E-state index in [2.05, 4.69) is 24.1 Å². The Labute approximate surface area is 131 Å². The summed E-state index contributed by atoms with van der Waals surface area (Å²) in [7, 11) is 5.30. The van der Waals surface area contributed by atoms with Crippen molar-refractivity contribution in [3.05, 3.63) is 53.6 Å². The number of aromatic hydroxyl groups is 1. The van der Waals surface area contributed by atoms with Gasteiger partial charge in [-0.05, 0) is 48.9 Å². The number of rotatable bonds is 7. The van der Waals surface area contributed by atoms with Crippen molar-refractivity contribution in [1.29, 1.82) is 0 Å². The number of nitrogens with zero attached hydrogens (tertiary/aromatic N) is 1. The highest BCUT2D eigenvalue weighted by atomic mass is 16.5. The lowest BCUT2D eigenvalue weighted by Gasteiger charge is -2.17. The van der Waals surface area contributed by atoms with Crippen molar-refractivity contribution < 1.29 is 14.6 Å². The zero-order chi connectivity index (χ0) is 15.9. The molecule has 1 N–H and O–H groups in total. The van der Waals surface area contributed by atoms with Crippen LogP contribution in [-0.4, -0.2) is 37.8 Å². The smallest absolute Gasteiger partial charge is 0.160 e. The van der Waals surface area contributed by atoms with Crippen LogP contribution in [0.5, 0.6) is 17.2 Å². The molecule has 0 fully saturated rings. The molecule has 2 aromatic carbocycles. The molecule has 2 rings (SSSR count). The minimum absolute atomic E-state index is 0.184. The summed E-state index contributed by atoms with van der Waals surface area (Å²) in [4.78, 5) is 2.23. The predicted molar refractivity (Wildman–Crippen MR) is 87.7 cm³/mol. The normalized spacial score (nSPS) is 10.7. The fourth-order valence-electron chi connectivity index (χ4n) is 2.34. The molecular weight excluding hydrogens is 278 g/mol. The van der Waals surface area contributed by atoms with Crippen molar-refractivity contribution in [3.8, 4) is 17.2 Å². The third-order valence-electron chi connectivity index (χ3n) is 3.64. The SMILES string of the molecule is COc1ccc(CCN(C)Cc2ccc(OC)c(O)c2)cc1. The van der Waals surface area contributed by atoms with E-state index >= 15 is 0 Å². The summed E-state index contributed by atoms with van der Waals surface area (Å²) >= 11 is 0. The van der Waals surface area contributed by atoms with E-state index in [0.717, 1.165) is 30.8 Å². The first kappa shape index (κ1) is 16.2. The standard InChI is InChI=1S/C18H23NO3/c1-19(11-10-14-4-7-16(21-2)8-5-14)13-15-6-9-18(22-3)17(20)12-15/h4-9,12,20H,10-11,13H2,1-3H3. The Morgan fingerprint density at radius 1 is 0.955 bits per heavy atom. The molecule has 0 saturated heterocycles. The lowest BCUT2D eigenvalue weighted by atomic mass is 10.1. The van der Waals surface area contributed by atoms with E-state index in [1.54, 1.807) is 26.4 Å². The van der Waals surface area contributed by atoms with Crippen LogP contribution < -0.4 is 9.47 Å². The molecule has 4 nitrogen and oxygen atoms in total. The van der Waals surface area contributed by atoms with Crippen LogP contribution in [0.2, 0.25) is 0 Å². The molecule has 0 radical (unpaired) electrons. The average Bonchev–Trinajstić information content (AvgIpc) is 2.53. The molecule has 0 amide bonds. The van der Waals surface area contributed by atoms with Gasteiger partial charge in [0, 0.05) is 13.1 Å². The lowest BCUT2D eigenvalue weighted by molar-refractivity contribution is 0.329. The minimum atomic E-state index is 0.184. The third-order valence-corrected chi connectivity index (χ3v) is 3.64. The van der Waals surface area contributed by atoms with E-state index in [0.29, 0.717) is 5.75 Å². The molecule has 4 heteroatoms. The maximum atomic E-state index is 9.81. The van der Waals surface area contributed by atoms with Gasteiger partial charge in [-0.25, -0.2) is 0 Å². The molecule has 0 atom stereocenters. The number of hydrogen-bond acceptors (Lipinski definition) is 4. The summed E-state index contributed by atoms with van der Waals surface area (Å²) < 4.78 is 10.2. The van der Waals surface area contributed by atoms with E-state index in [1.807, 2.05) is 18.2 Å². The molecule has 0 heterocycles. The van der Waals surface area contributed by atoms with Crippen molar-refractivity contribution in [1.82, 2.24) is 4.90 Å². The molecule has 0 bridgehead atoms. The van der Waals surface area contributed by atoms with Gasteiger partial charge in [0.2, 0.25) is 0 Å². The van der Waals surface area contributed by atoms with Gasteiger partial charge in [-0.15, -0.1) is 0 Å². The van der Waals surface area contributed by atoms with Crippen LogP contribution in [0.15, 0.2) is 42.5 Å². The zero-order valence-corrected chi connectivity index (χ0v) is 13.4. The fraction of sp³-hybridized carbons (Fsp3) is 0.333. The number of hydrogen-bond donors (Lipinski definition) is 1. The van der Waals surface area contributed by atoms with Crippen LogP contribution in [0.4, 0.5) is 0 Å². The molecule has 0 unspecified atom stereocenters. The largest absolute Gasteiger partial charge is 0.504 e. The first-order chi connectivity index (χ1) is 10.6. The first-order valence-electron chi connectivity index (χ1n) is 7.29. The van der Waals surface area contributed by atoms with Gasteiger partial charge < -0.3 is 19.5 Å². The Kier molecular flexibility index (Phi) is 5.67. The minimum Gasteiger partial charge on any atom is -0.504 e. The highest BCUT2D eigenvalue weighted by Gasteiger charge is 2.05. The number of benzene rings is 2. The van der Waals surface area contributed by atoms with E-state index in [9.17, 15) is 5.11 Å². The summed E-state index contributed by atoms with van der Waals surface area (Å²) in [5.41, 5.74) is 2.35. The van der Waals surface area contributed by atoms with E-state index in [-0.39, 0.29) is 5.75 Å². The van der Waals surface area contributed by atoms with Gasteiger partial charge in [0.1, 0.15) is 5.75 Å². The predicted octanol–water partition coefficient (Wildman–Crippen LogP) is 3.08. The van der Waals surface area contributed by atoms with Crippen LogP contribution >= 0.6 is 0 Å². The molecule has 0 saturated carbocycles. The van der Waals surface area contributed by atoms with Gasteiger partial charge in [-0.1, -0.05) is 18.2 Å². The molecule has 0 aliphatic rings. The molecule has 0 aliphatic heterocycles. The van der Waals surface area contributed by atoms with Crippen molar-refractivity contribution in [2.24, 2.45) is 0 Å². The third kappa shape index (κ3) is 4.40. The Morgan fingerprint density at radius 3 is 2.23 bits per heavy atom. The number of phenolic OH excluding ortho intramolecular Hbond substituents is 1. The van der Waals surface area contributed by atoms with E-state index < -0.39 is 0 Å². The van der Waals surface area contributed by atoms with Crippen LogP contribution in [0.1, 0.15) is 11.1 Å². The van der Waals surface area contributed by atoms with Gasteiger partial charge >= 0.3 is 0 Å². The van der Waals surface area contributed by atoms with Gasteiger partial charge in [0.25, 0.3) is 0 Å². The Morgan fingerprint density at radius 2 is 1.64 bits per heavy atom. The second-order valence-corrected chi connectivity index (χ2v) is 5.34. The lowest BCUT2D eigenvalue weighted by Crippen LogP contribution is -2.20. The van der Waals surface area contributed by atoms with E-state index in [1.165, 1.54) is 5.56 Å². The molecule has 0 spiro atoms. The summed E-state index contributed by atoms with van der Waals surface area (Å²) in [6.07, 6.45) is 0.975. The Balaban J connectivity index is 1.86. The molecule has 118 valence electrons. The molecule has 0 aliphatic carbocycles. The highest BCUT2D eigenvalue weighted by molar-refractivity contribution is 5.41. The molecule has 2 aromatic rings. The van der Waals surface area contributed by atoms with Crippen LogP contribution in [-0.2, 0) is 13.0 Å². The quantitative estimate of drug-likeness (QED) is 0.853. The summed E-state index contributed by atoms with van der Waals surface area (Å²) in [6.45, 7) is 1.73. The maximum absolute atomic E-state index is 9.81. The van der Waals surface area contributed by atoms with E-state index in [4.69, 9.17) is 9.47 Å². The summed E-state index contributed by atoms with van der Waals surface area (Å²) in [5.74, 6) is 1.57. The fourth-order valence-corrected chi connectivity index (χ4v) is 2.34. The second kappa shape index (κ2) is 7.71. The van der Waals surface area contributed by atoms with Crippen LogP contribution in [0.3, 0.4) is 0 Å². The number of methoxy groups -OCH3 is 2. The second-order valence-electron chi connectivity index (χ2n) is 5.34. The summed E-state index contributed by atoms with van der Waals surface area (Å²) in [6, 6.07) is 13.7. The number of likely N-dealkylation sites (N-methyl/N-ethyl adjacent to an activating group) is 1. The van der Waals surface area contributed by atoms with Gasteiger partial charge in [0.15, 0.2) is 11.5 Å². The summed E-state index contributed by atoms with van der Waals surface area (Å²) in [5, 5.41) is 9.81. The average molecular weight is 301 g/mol. The van der Waals surface area contributed by atoms with Crippen LogP contribution in [0.25, 0.3) is 0 Å². The zero-order valence-electron chi connectivity index (χ0n) is 13.4. The van der Waals surface area contributed by atoms with Crippen molar-refractivity contribution in [2.45, 2.75) is 13.0 Å². The van der Waals surface area contributed by atoms with Crippen molar-refractivity contribution in [3.63, 3.8) is 0 Å². The topological polar surface area (TPSA) is 41.9 Å². The highest BCUT2D eigenvalue weighted by Crippen LogP contribution is 2.26. The van der Waals surface area contributed by atoms with Crippen molar-refractivity contribution >= 4 is 0 Å². The first-order valence-corrected chi connectivity index (χ1v) is 7.29. The molecule has 22 heavy (non-hydrogen) atoms. The Bertz CT molecular complexity index is 596. The Hall–Kier alpha value is -2.20. The van der Waals surface area contributed by atoms with Gasteiger partial charge in [0.05, 0.1) is 14.2 Å². The monoisotopic (exact) mass is 301 g/mol. The van der Waals surface area contributed by atoms with Crippen molar-refractivity contribution in [2.75, 3.05) is 27.8 Å². The molecular formula is C18H23NO3. The van der Waals surface area contributed by atoms with Crippen LogP contribution in [0, 0.1) is 0 Å². The maximum Gasteiger partial charge on any atom is 0.160 e.